The van der Waals surface area contributed by atoms with Crippen LogP contribution in [0.2, 0.25) is 0 Å². The SMILES string of the molecule is CC1CN(Cc2ccc(C(=O)OCCOc3ccc(S(N)(=O)=O)cc3)cc2)CC(C)O1. The fourth-order valence-electron chi connectivity index (χ4n) is 3.52. The average Bonchev–Trinajstić information content (AvgIpc) is 2.70. The molecule has 1 aliphatic heterocycles. The molecule has 0 amide bonds. The van der Waals surface area contributed by atoms with Crippen molar-refractivity contribution in [3.63, 3.8) is 0 Å². The molecule has 8 nitrogen and oxygen atoms in total. The molecule has 2 atom stereocenters. The number of carbonyl (C=O) groups excluding carboxylic acids is 1. The maximum Gasteiger partial charge on any atom is 0.338 e. The van der Waals surface area contributed by atoms with Crippen molar-refractivity contribution in [2.75, 3.05) is 26.3 Å². The Morgan fingerprint density at radius 1 is 1.03 bits per heavy atom. The number of hydrogen-bond acceptors (Lipinski definition) is 7. The van der Waals surface area contributed by atoms with E-state index < -0.39 is 16.0 Å². The van der Waals surface area contributed by atoms with E-state index in [1.165, 1.54) is 24.3 Å². The van der Waals surface area contributed by atoms with Crippen molar-refractivity contribution in [2.45, 2.75) is 37.5 Å². The molecule has 2 unspecified atom stereocenters. The van der Waals surface area contributed by atoms with Gasteiger partial charge < -0.3 is 14.2 Å². The van der Waals surface area contributed by atoms with E-state index in [1.54, 1.807) is 12.1 Å². The van der Waals surface area contributed by atoms with Gasteiger partial charge in [-0.25, -0.2) is 18.4 Å². The number of hydrogen-bond donors (Lipinski definition) is 1. The number of benzene rings is 2. The number of sulfonamides is 1. The van der Waals surface area contributed by atoms with Crippen LogP contribution in [0.1, 0.15) is 29.8 Å². The van der Waals surface area contributed by atoms with E-state index in [-0.39, 0.29) is 30.3 Å². The number of esters is 1. The summed E-state index contributed by atoms with van der Waals surface area (Å²) in [5.41, 5.74) is 1.61. The fourth-order valence-corrected chi connectivity index (χ4v) is 4.04. The predicted molar refractivity (Wildman–Crippen MR) is 115 cm³/mol. The molecule has 2 aromatic rings. The topological polar surface area (TPSA) is 108 Å². The molecular formula is C22H28N2O6S. The number of nitrogens with two attached hydrogens (primary N) is 1. The molecule has 0 bridgehead atoms. The molecule has 0 saturated carbocycles. The average molecular weight is 449 g/mol. The van der Waals surface area contributed by atoms with Gasteiger partial charge in [0.25, 0.3) is 0 Å². The lowest BCUT2D eigenvalue weighted by atomic mass is 10.1. The van der Waals surface area contributed by atoms with Crippen molar-refractivity contribution in [3.8, 4) is 5.75 Å². The molecule has 0 aromatic heterocycles. The molecule has 2 aromatic carbocycles. The lowest BCUT2D eigenvalue weighted by molar-refractivity contribution is -0.0704. The first-order chi connectivity index (χ1) is 14.7. The van der Waals surface area contributed by atoms with Gasteiger partial charge in [0.2, 0.25) is 10.0 Å². The number of primary sulfonamides is 1. The largest absolute Gasteiger partial charge is 0.490 e. The molecule has 1 heterocycles. The first-order valence-corrected chi connectivity index (χ1v) is 11.6. The second kappa shape index (κ2) is 10.2. The van der Waals surface area contributed by atoms with Crippen molar-refractivity contribution in [1.82, 2.24) is 4.90 Å². The van der Waals surface area contributed by atoms with Gasteiger partial charge in [0.1, 0.15) is 19.0 Å². The minimum Gasteiger partial charge on any atom is -0.490 e. The summed E-state index contributed by atoms with van der Waals surface area (Å²) in [7, 11) is -3.74. The Morgan fingerprint density at radius 3 is 2.23 bits per heavy atom. The van der Waals surface area contributed by atoms with Crippen molar-refractivity contribution in [2.24, 2.45) is 5.14 Å². The van der Waals surface area contributed by atoms with Gasteiger partial charge in [-0.05, 0) is 55.8 Å². The molecule has 1 saturated heterocycles. The highest BCUT2D eigenvalue weighted by molar-refractivity contribution is 7.89. The predicted octanol–water partition coefficient (Wildman–Crippen LogP) is 2.18. The molecule has 1 fully saturated rings. The van der Waals surface area contributed by atoms with Crippen LogP contribution >= 0.6 is 0 Å². The van der Waals surface area contributed by atoms with E-state index in [0.717, 1.165) is 25.2 Å². The highest BCUT2D eigenvalue weighted by Crippen LogP contribution is 2.16. The summed E-state index contributed by atoms with van der Waals surface area (Å²) in [6.07, 6.45) is 0.429. The van der Waals surface area contributed by atoms with E-state index in [0.29, 0.717) is 11.3 Å². The summed E-state index contributed by atoms with van der Waals surface area (Å²) in [5, 5.41) is 5.05. The van der Waals surface area contributed by atoms with E-state index >= 15 is 0 Å². The molecule has 0 radical (unpaired) electrons. The molecule has 9 heteroatoms. The van der Waals surface area contributed by atoms with Crippen LogP contribution < -0.4 is 9.88 Å². The first kappa shape index (κ1) is 23.2. The third-order valence-electron chi connectivity index (χ3n) is 4.83. The maximum absolute atomic E-state index is 12.2. The second-order valence-corrected chi connectivity index (χ2v) is 9.21. The van der Waals surface area contributed by atoms with Gasteiger partial charge in [-0.2, -0.15) is 0 Å². The van der Waals surface area contributed by atoms with E-state index in [1.807, 2.05) is 12.1 Å². The number of ether oxygens (including phenoxy) is 3. The number of rotatable bonds is 8. The lowest BCUT2D eigenvalue weighted by Gasteiger charge is -2.35. The highest BCUT2D eigenvalue weighted by Gasteiger charge is 2.22. The first-order valence-electron chi connectivity index (χ1n) is 10.1. The Labute approximate surface area is 182 Å². The minimum atomic E-state index is -3.74. The normalized spacial score (nSPS) is 19.7. The Hall–Kier alpha value is -2.46. The van der Waals surface area contributed by atoms with Crippen molar-refractivity contribution >= 4 is 16.0 Å². The van der Waals surface area contributed by atoms with Crippen LogP contribution in [0, 0.1) is 0 Å². The Balaban J connectivity index is 1.42. The standard InChI is InChI=1S/C22H28N2O6S/c1-16-13-24(14-17(2)30-16)15-18-3-5-19(6-4-18)22(25)29-12-11-28-20-7-9-21(10-8-20)31(23,26)27/h3-10,16-17H,11-15H2,1-2H3,(H2,23,26,27). The number of nitrogens with zero attached hydrogens (tertiary/aromatic N) is 1. The van der Waals surface area contributed by atoms with Crippen LogP contribution in [0.3, 0.4) is 0 Å². The summed E-state index contributed by atoms with van der Waals surface area (Å²) in [5.74, 6) is 0.0351. The molecule has 3 rings (SSSR count). The minimum absolute atomic E-state index is 0.00682. The molecule has 168 valence electrons. The van der Waals surface area contributed by atoms with Crippen LogP contribution in [0.5, 0.6) is 5.75 Å². The van der Waals surface area contributed by atoms with E-state index in [9.17, 15) is 13.2 Å². The van der Waals surface area contributed by atoms with Crippen LogP contribution in [0.15, 0.2) is 53.4 Å². The molecule has 2 N–H and O–H groups in total. The highest BCUT2D eigenvalue weighted by atomic mass is 32.2. The molecule has 0 spiro atoms. The van der Waals surface area contributed by atoms with E-state index in [4.69, 9.17) is 19.3 Å². The van der Waals surface area contributed by atoms with Crippen LogP contribution in [-0.4, -0.2) is 57.8 Å². The molecule has 31 heavy (non-hydrogen) atoms. The summed E-state index contributed by atoms with van der Waals surface area (Å²) < 4.78 is 38.9. The monoisotopic (exact) mass is 448 g/mol. The number of carbonyl (C=O) groups is 1. The van der Waals surface area contributed by atoms with Gasteiger partial charge in [0.05, 0.1) is 22.7 Å². The molecule has 0 aliphatic carbocycles. The van der Waals surface area contributed by atoms with Crippen molar-refractivity contribution < 1.29 is 27.4 Å². The Kier molecular flexibility index (Phi) is 7.66. The van der Waals surface area contributed by atoms with Crippen LogP contribution in [0.4, 0.5) is 0 Å². The van der Waals surface area contributed by atoms with Crippen LogP contribution in [0.25, 0.3) is 0 Å². The third kappa shape index (κ3) is 7.03. The third-order valence-corrected chi connectivity index (χ3v) is 5.76. The number of morpholine rings is 1. The van der Waals surface area contributed by atoms with Gasteiger partial charge in [-0.15, -0.1) is 0 Å². The lowest BCUT2D eigenvalue weighted by Crippen LogP contribution is -2.44. The summed E-state index contributed by atoms with van der Waals surface area (Å²) in [4.78, 5) is 14.6. The molecule has 1 aliphatic rings. The summed E-state index contributed by atoms with van der Waals surface area (Å²) >= 11 is 0. The maximum atomic E-state index is 12.2. The second-order valence-electron chi connectivity index (χ2n) is 7.65. The summed E-state index contributed by atoms with van der Waals surface area (Å²) in [6, 6.07) is 13.1. The van der Waals surface area contributed by atoms with Gasteiger partial charge in [0.15, 0.2) is 0 Å². The van der Waals surface area contributed by atoms with Gasteiger partial charge >= 0.3 is 5.97 Å². The molecular weight excluding hydrogens is 420 g/mol. The van der Waals surface area contributed by atoms with Crippen molar-refractivity contribution in [1.29, 1.82) is 0 Å². The fraction of sp³-hybridized carbons (Fsp3) is 0.409. The Morgan fingerprint density at radius 2 is 1.65 bits per heavy atom. The zero-order chi connectivity index (χ0) is 22.4. The smallest absolute Gasteiger partial charge is 0.338 e. The summed E-state index contributed by atoms with van der Waals surface area (Å²) in [6.45, 7) is 6.95. The van der Waals surface area contributed by atoms with E-state index in [2.05, 4.69) is 18.7 Å². The van der Waals surface area contributed by atoms with Gasteiger partial charge in [-0.1, -0.05) is 12.1 Å². The van der Waals surface area contributed by atoms with Crippen LogP contribution in [-0.2, 0) is 26.0 Å². The Bertz CT molecular complexity index is 966. The quantitative estimate of drug-likeness (QED) is 0.487. The van der Waals surface area contributed by atoms with Gasteiger partial charge in [0, 0.05) is 19.6 Å². The zero-order valence-electron chi connectivity index (χ0n) is 17.7. The van der Waals surface area contributed by atoms with Crippen molar-refractivity contribution in [3.05, 3.63) is 59.7 Å². The van der Waals surface area contributed by atoms with Gasteiger partial charge in [-0.3, -0.25) is 4.90 Å². The zero-order valence-corrected chi connectivity index (χ0v) is 18.5.